The van der Waals surface area contributed by atoms with Crippen molar-refractivity contribution in [3.8, 4) is 0 Å². The van der Waals surface area contributed by atoms with Crippen molar-refractivity contribution in [2.24, 2.45) is 5.41 Å². The normalized spacial score (nSPS) is 11.3. The van der Waals surface area contributed by atoms with Gasteiger partial charge in [0.1, 0.15) is 0 Å². The molecule has 1 amide bonds. The van der Waals surface area contributed by atoms with E-state index in [4.69, 9.17) is 0 Å². The zero-order valence-corrected chi connectivity index (χ0v) is 11.4. The van der Waals surface area contributed by atoms with Crippen LogP contribution in [0.4, 0.5) is 0 Å². The maximum Gasteiger partial charge on any atom is 0.311 e. The number of hydrogen-bond acceptors (Lipinski definition) is 3. The molecular weight excluding hydrogens is 246 g/mol. The number of aliphatic carboxylic acids is 1. The monoisotopic (exact) mass is 267 g/mol. The van der Waals surface area contributed by atoms with Gasteiger partial charge in [0.05, 0.1) is 5.41 Å². The minimum absolute atomic E-state index is 0.150. The summed E-state index contributed by atoms with van der Waals surface area (Å²) < 4.78 is 1.67. The quantitative estimate of drug-likeness (QED) is 0.743. The Balaban J connectivity index is 2.42. The van der Waals surface area contributed by atoms with Gasteiger partial charge in [-0.2, -0.15) is 5.10 Å². The Morgan fingerprint density at radius 2 is 2.05 bits per heavy atom. The lowest BCUT2D eigenvalue weighted by atomic mass is 9.82. The van der Waals surface area contributed by atoms with Crippen molar-refractivity contribution in [2.45, 2.75) is 39.7 Å². The average Bonchev–Trinajstić information content (AvgIpc) is 2.91. The fourth-order valence-electron chi connectivity index (χ4n) is 1.88. The Hall–Kier alpha value is -1.85. The second kappa shape index (κ2) is 6.92. The lowest BCUT2D eigenvalue weighted by Crippen LogP contribution is -2.42. The van der Waals surface area contributed by atoms with E-state index >= 15 is 0 Å². The number of carbonyl (C=O) groups excluding carboxylic acids is 1. The third-order valence-corrected chi connectivity index (χ3v) is 3.56. The van der Waals surface area contributed by atoms with E-state index in [9.17, 15) is 14.7 Å². The summed E-state index contributed by atoms with van der Waals surface area (Å²) >= 11 is 0. The van der Waals surface area contributed by atoms with Gasteiger partial charge < -0.3 is 10.4 Å². The first kappa shape index (κ1) is 15.2. The van der Waals surface area contributed by atoms with Crippen LogP contribution in [0.25, 0.3) is 0 Å². The predicted molar refractivity (Wildman–Crippen MR) is 70.5 cm³/mol. The number of aromatic nitrogens is 2. The van der Waals surface area contributed by atoms with E-state index in [1.807, 2.05) is 13.8 Å². The van der Waals surface area contributed by atoms with Gasteiger partial charge >= 0.3 is 5.97 Å². The molecule has 0 saturated carbocycles. The van der Waals surface area contributed by atoms with Crippen molar-refractivity contribution in [3.05, 3.63) is 18.5 Å². The largest absolute Gasteiger partial charge is 0.481 e. The molecule has 6 nitrogen and oxygen atoms in total. The van der Waals surface area contributed by atoms with Crippen molar-refractivity contribution in [1.29, 1.82) is 0 Å². The topological polar surface area (TPSA) is 84.2 Å². The summed E-state index contributed by atoms with van der Waals surface area (Å²) in [7, 11) is 0. The highest BCUT2D eigenvalue weighted by Crippen LogP contribution is 2.25. The number of carboxylic acid groups (broad SMARTS) is 1. The highest BCUT2D eigenvalue weighted by Gasteiger charge is 2.34. The third kappa shape index (κ3) is 4.08. The van der Waals surface area contributed by atoms with Gasteiger partial charge in [-0.05, 0) is 18.9 Å². The van der Waals surface area contributed by atoms with Crippen LogP contribution in [0.1, 0.15) is 33.1 Å². The molecule has 0 radical (unpaired) electrons. The van der Waals surface area contributed by atoms with Crippen LogP contribution < -0.4 is 5.32 Å². The van der Waals surface area contributed by atoms with Gasteiger partial charge in [-0.3, -0.25) is 14.3 Å². The molecule has 0 atom stereocenters. The summed E-state index contributed by atoms with van der Waals surface area (Å²) in [5.41, 5.74) is -0.860. The summed E-state index contributed by atoms with van der Waals surface area (Å²) in [6.07, 6.45) is 4.73. The van der Waals surface area contributed by atoms with Crippen molar-refractivity contribution >= 4 is 11.9 Å². The van der Waals surface area contributed by atoms with Crippen LogP contribution in [0.5, 0.6) is 0 Å². The van der Waals surface area contributed by atoms with Crippen molar-refractivity contribution < 1.29 is 14.7 Å². The molecule has 1 aromatic heterocycles. The lowest BCUT2D eigenvalue weighted by Gasteiger charge is -2.26. The maximum atomic E-state index is 11.7. The molecule has 1 rings (SSSR count). The molecule has 6 heteroatoms. The van der Waals surface area contributed by atoms with Crippen LogP contribution in [0, 0.1) is 5.41 Å². The number of aryl methyl sites for hydroxylation is 1. The Kier molecular flexibility index (Phi) is 5.54. The van der Waals surface area contributed by atoms with Gasteiger partial charge in [0.2, 0.25) is 5.91 Å². The number of nitrogens with one attached hydrogen (secondary N) is 1. The summed E-state index contributed by atoms with van der Waals surface area (Å²) in [6.45, 7) is 4.32. The van der Waals surface area contributed by atoms with Crippen LogP contribution in [0.3, 0.4) is 0 Å². The molecule has 1 aromatic rings. The second-order valence-corrected chi connectivity index (χ2v) is 4.59. The number of hydrogen-bond donors (Lipinski definition) is 2. The van der Waals surface area contributed by atoms with Gasteiger partial charge in [0.15, 0.2) is 0 Å². The van der Waals surface area contributed by atoms with E-state index in [1.165, 1.54) is 0 Å². The van der Waals surface area contributed by atoms with Crippen LogP contribution in [0.2, 0.25) is 0 Å². The van der Waals surface area contributed by atoms with E-state index in [2.05, 4.69) is 10.4 Å². The molecule has 19 heavy (non-hydrogen) atoms. The zero-order chi connectivity index (χ0) is 14.3. The average molecular weight is 267 g/mol. The first-order valence-electron chi connectivity index (χ1n) is 6.51. The molecule has 2 N–H and O–H groups in total. The van der Waals surface area contributed by atoms with Gasteiger partial charge in [0, 0.05) is 31.9 Å². The van der Waals surface area contributed by atoms with E-state index in [0.717, 1.165) is 0 Å². The fourth-order valence-corrected chi connectivity index (χ4v) is 1.88. The number of rotatable bonds is 8. The molecule has 1 heterocycles. The van der Waals surface area contributed by atoms with Crippen molar-refractivity contribution in [1.82, 2.24) is 15.1 Å². The van der Waals surface area contributed by atoms with Crippen LogP contribution in [0.15, 0.2) is 18.5 Å². The Labute approximate surface area is 112 Å². The Morgan fingerprint density at radius 3 is 2.53 bits per heavy atom. The fraction of sp³-hybridized carbons (Fsp3) is 0.615. The maximum absolute atomic E-state index is 11.7. The molecule has 0 unspecified atom stereocenters. The van der Waals surface area contributed by atoms with E-state index in [1.54, 1.807) is 23.1 Å². The number of carboxylic acids is 1. The number of carbonyl (C=O) groups is 2. The smallest absolute Gasteiger partial charge is 0.311 e. The molecule has 0 bridgehead atoms. The Bertz CT molecular complexity index is 411. The van der Waals surface area contributed by atoms with Gasteiger partial charge in [-0.15, -0.1) is 0 Å². The standard InChI is InChI=1S/C13H21N3O3/c1-3-13(4-2,12(18)19)10-14-11(17)6-9-16-8-5-7-15-16/h5,7-8H,3-4,6,9-10H2,1-2H3,(H,14,17)(H,18,19). The van der Waals surface area contributed by atoms with Gasteiger partial charge in [0.25, 0.3) is 0 Å². The van der Waals surface area contributed by atoms with Crippen molar-refractivity contribution in [3.63, 3.8) is 0 Å². The summed E-state index contributed by atoms with van der Waals surface area (Å²) in [5, 5.41) is 16.0. The first-order chi connectivity index (χ1) is 9.04. The summed E-state index contributed by atoms with van der Waals surface area (Å²) in [4.78, 5) is 23.0. The van der Waals surface area contributed by atoms with Crippen molar-refractivity contribution in [2.75, 3.05) is 6.54 Å². The first-order valence-corrected chi connectivity index (χ1v) is 6.51. The van der Waals surface area contributed by atoms with E-state index in [0.29, 0.717) is 25.8 Å². The van der Waals surface area contributed by atoms with Crippen LogP contribution >= 0.6 is 0 Å². The SMILES string of the molecule is CCC(CC)(CNC(=O)CCn1cccn1)C(=O)O. The molecule has 0 saturated heterocycles. The van der Waals surface area contributed by atoms with Crippen LogP contribution in [-0.2, 0) is 16.1 Å². The third-order valence-electron chi connectivity index (χ3n) is 3.56. The van der Waals surface area contributed by atoms with Gasteiger partial charge in [-0.1, -0.05) is 13.8 Å². The molecule has 0 spiro atoms. The second-order valence-electron chi connectivity index (χ2n) is 4.59. The molecule has 106 valence electrons. The molecule has 0 aliphatic heterocycles. The molecular formula is C13H21N3O3. The minimum Gasteiger partial charge on any atom is -0.481 e. The molecule has 0 fully saturated rings. The molecule has 0 aliphatic carbocycles. The summed E-state index contributed by atoms with van der Waals surface area (Å²) in [5.74, 6) is -1.01. The van der Waals surface area contributed by atoms with Gasteiger partial charge in [-0.25, -0.2) is 0 Å². The van der Waals surface area contributed by atoms with E-state index in [-0.39, 0.29) is 12.5 Å². The number of nitrogens with zero attached hydrogens (tertiary/aromatic N) is 2. The Morgan fingerprint density at radius 1 is 1.37 bits per heavy atom. The molecule has 0 aliphatic rings. The predicted octanol–water partition coefficient (Wildman–Crippen LogP) is 1.28. The minimum atomic E-state index is -0.860. The number of amides is 1. The highest BCUT2D eigenvalue weighted by atomic mass is 16.4. The van der Waals surface area contributed by atoms with E-state index < -0.39 is 11.4 Å². The zero-order valence-electron chi connectivity index (χ0n) is 11.4. The highest BCUT2D eigenvalue weighted by molar-refractivity contribution is 5.78. The molecule has 0 aromatic carbocycles. The van der Waals surface area contributed by atoms with Crippen LogP contribution in [-0.4, -0.2) is 33.3 Å². The lowest BCUT2D eigenvalue weighted by molar-refractivity contribution is -0.149. The summed E-state index contributed by atoms with van der Waals surface area (Å²) in [6, 6.07) is 1.79.